The minimum atomic E-state index is 0.00704. The lowest BCUT2D eigenvalue weighted by molar-refractivity contribution is -0.116. The van der Waals surface area contributed by atoms with E-state index in [9.17, 15) is 4.79 Å². The second kappa shape index (κ2) is 5.05. The van der Waals surface area contributed by atoms with Gasteiger partial charge in [-0.3, -0.25) is 4.79 Å². The molecule has 0 aliphatic heterocycles. The third-order valence-electron chi connectivity index (χ3n) is 3.74. The number of carbonyl (C=O) groups is 1. The topological polar surface area (TPSA) is 45.2 Å². The lowest BCUT2D eigenvalue weighted by Gasteiger charge is -2.15. The smallest absolute Gasteiger partial charge is 0.223 e. The van der Waals surface area contributed by atoms with E-state index < -0.39 is 0 Å². The molecule has 4 nitrogen and oxygen atoms in total. The Labute approximate surface area is 123 Å². The molecule has 0 radical (unpaired) electrons. The van der Waals surface area contributed by atoms with Gasteiger partial charge in [0.2, 0.25) is 5.91 Å². The maximum absolute atomic E-state index is 11.5. The van der Waals surface area contributed by atoms with Gasteiger partial charge in [0.05, 0.1) is 11.0 Å². The summed E-state index contributed by atoms with van der Waals surface area (Å²) in [6, 6.07) is 14.1. The Bertz CT molecular complexity index is 842. The van der Waals surface area contributed by atoms with Crippen molar-refractivity contribution in [1.82, 2.24) is 4.98 Å². The van der Waals surface area contributed by atoms with Crippen LogP contribution in [0.3, 0.4) is 0 Å². The van der Waals surface area contributed by atoms with E-state index in [1.54, 1.807) is 18.9 Å². The molecule has 0 bridgehead atoms. The van der Waals surface area contributed by atoms with E-state index >= 15 is 0 Å². The third kappa shape index (κ3) is 2.40. The highest BCUT2D eigenvalue weighted by molar-refractivity contribution is 5.97. The van der Waals surface area contributed by atoms with Crippen LogP contribution in [0.4, 0.5) is 11.4 Å². The molecule has 0 fully saturated rings. The maximum Gasteiger partial charge on any atom is 0.223 e. The van der Waals surface area contributed by atoms with Gasteiger partial charge in [-0.2, -0.15) is 0 Å². The largest absolute Gasteiger partial charge is 0.388 e. The molecule has 0 aliphatic carbocycles. The van der Waals surface area contributed by atoms with Gasteiger partial charge < -0.3 is 10.2 Å². The maximum atomic E-state index is 11.5. The molecule has 1 N–H and O–H groups in total. The predicted octanol–water partition coefficient (Wildman–Crippen LogP) is 3.41. The molecule has 1 heterocycles. The van der Waals surface area contributed by atoms with Gasteiger partial charge in [-0.05, 0) is 30.3 Å². The summed E-state index contributed by atoms with van der Waals surface area (Å²) in [5.41, 5.74) is 3.72. The van der Waals surface area contributed by atoms with E-state index in [1.165, 1.54) is 0 Å². The second-order valence-corrected chi connectivity index (χ2v) is 5.10. The van der Waals surface area contributed by atoms with Crippen LogP contribution in [0.1, 0.15) is 6.92 Å². The Hall–Kier alpha value is -2.62. The molecule has 4 heteroatoms. The highest BCUT2D eigenvalue weighted by Crippen LogP contribution is 2.25. The normalized spacial score (nSPS) is 10.8. The number of benzene rings is 2. The molecule has 2 aromatic carbocycles. The molecule has 1 aromatic heterocycles. The van der Waals surface area contributed by atoms with Gasteiger partial charge in [0.25, 0.3) is 0 Å². The zero-order chi connectivity index (χ0) is 15.0. The van der Waals surface area contributed by atoms with Crippen LogP contribution in [0.15, 0.2) is 42.5 Å². The van der Waals surface area contributed by atoms with Crippen LogP contribution in [-0.2, 0) is 4.79 Å². The zero-order valence-electron chi connectivity index (χ0n) is 12.3. The molecule has 0 saturated carbocycles. The second-order valence-electron chi connectivity index (χ2n) is 5.10. The van der Waals surface area contributed by atoms with Crippen LogP contribution in [0.2, 0.25) is 0 Å². The molecule has 0 saturated heterocycles. The molecular weight excluding hydrogens is 262 g/mol. The number of pyridine rings is 1. The van der Waals surface area contributed by atoms with E-state index in [2.05, 4.69) is 17.4 Å². The summed E-state index contributed by atoms with van der Waals surface area (Å²) in [6.07, 6.45) is 0. The highest BCUT2D eigenvalue weighted by Gasteiger charge is 2.07. The summed E-state index contributed by atoms with van der Waals surface area (Å²) < 4.78 is 0. The van der Waals surface area contributed by atoms with Gasteiger partial charge in [0, 0.05) is 43.2 Å². The summed E-state index contributed by atoms with van der Waals surface area (Å²) in [5, 5.41) is 5.29. The Morgan fingerprint density at radius 3 is 2.38 bits per heavy atom. The van der Waals surface area contributed by atoms with Crippen LogP contribution < -0.4 is 10.2 Å². The lowest BCUT2D eigenvalue weighted by atomic mass is 10.1. The zero-order valence-corrected chi connectivity index (χ0v) is 12.3. The summed E-state index contributed by atoms with van der Waals surface area (Å²) in [6.45, 7) is 1.55. The molecule has 3 rings (SSSR count). The summed E-state index contributed by atoms with van der Waals surface area (Å²) >= 11 is 0. The van der Waals surface area contributed by atoms with Crippen LogP contribution in [0.5, 0.6) is 0 Å². The van der Waals surface area contributed by atoms with Crippen molar-refractivity contribution in [2.24, 2.45) is 0 Å². The van der Waals surface area contributed by atoms with Crippen molar-refractivity contribution in [2.45, 2.75) is 6.92 Å². The van der Waals surface area contributed by atoms with E-state index in [0.717, 1.165) is 33.2 Å². The first-order valence-electron chi connectivity index (χ1n) is 6.85. The summed E-state index contributed by atoms with van der Waals surface area (Å²) in [4.78, 5) is 17.8. The van der Waals surface area contributed by atoms with Gasteiger partial charge in [0.1, 0.15) is 0 Å². The van der Waals surface area contributed by atoms with Gasteiger partial charge >= 0.3 is 0 Å². The first-order valence-corrected chi connectivity index (χ1v) is 6.85. The molecular formula is C17H17N3O. The van der Waals surface area contributed by atoms with Crippen LogP contribution in [0.25, 0.3) is 21.8 Å². The standard InChI is InChI=1S/C17H17N3O/c1-11(21)20(3)15-7-5-13-8-12-4-6-14(18-2)9-16(12)19-17(13)10-15/h4-10,18H,1-3H3. The SMILES string of the molecule is CNc1ccc2cc3ccc(N(C)C(C)=O)cc3nc2c1. The number of aromatic nitrogens is 1. The van der Waals surface area contributed by atoms with Gasteiger partial charge in [0.15, 0.2) is 0 Å². The molecule has 0 spiro atoms. The Kier molecular flexibility index (Phi) is 3.22. The first-order chi connectivity index (χ1) is 10.1. The van der Waals surface area contributed by atoms with E-state index in [1.807, 2.05) is 37.4 Å². The number of carbonyl (C=O) groups excluding carboxylic acids is 1. The fourth-order valence-corrected chi connectivity index (χ4v) is 2.36. The van der Waals surface area contributed by atoms with E-state index in [0.29, 0.717) is 0 Å². The molecule has 21 heavy (non-hydrogen) atoms. The predicted molar refractivity (Wildman–Crippen MR) is 87.9 cm³/mol. The highest BCUT2D eigenvalue weighted by atomic mass is 16.2. The number of rotatable bonds is 2. The number of fused-ring (bicyclic) bond motifs is 2. The molecule has 1 amide bonds. The number of anilines is 2. The number of hydrogen-bond acceptors (Lipinski definition) is 3. The number of nitrogens with one attached hydrogen (secondary N) is 1. The van der Waals surface area contributed by atoms with Gasteiger partial charge in [-0.25, -0.2) is 4.98 Å². The number of amides is 1. The first kappa shape index (κ1) is 13.4. The van der Waals surface area contributed by atoms with Crippen molar-refractivity contribution in [3.8, 4) is 0 Å². The van der Waals surface area contributed by atoms with Gasteiger partial charge in [-0.15, -0.1) is 0 Å². The van der Waals surface area contributed by atoms with Crippen LogP contribution >= 0.6 is 0 Å². The van der Waals surface area contributed by atoms with Crippen molar-refractivity contribution in [2.75, 3.05) is 24.3 Å². The molecule has 3 aromatic rings. The van der Waals surface area contributed by atoms with Crippen molar-refractivity contribution in [3.63, 3.8) is 0 Å². The van der Waals surface area contributed by atoms with Crippen molar-refractivity contribution >= 4 is 39.1 Å². The molecule has 0 unspecified atom stereocenters. The third-order valence-corrected chi connectivity index (χ3v) is 3.74. The van der Waals surface area contributed by atoms with Gasteiger partial charge in [-0.1, -0.05) is 12.1 Å². The minimum Gasteiger partial charge on any atom is -0.388 e. The molecule has 0 aliphatic rings. The average molecular weight is 279 g/mol. The Morgan fingerprint density at radius 1 is 1.05 bits per heavy atom. The van der Waals surface area contributed by atoms with Crippen LogP contribution in [-0.4, -0.2) is 25.0 Å². The van der Waals surface area contributed by atoms with E-state index in [4.69, 9.17) is 4.98 Å². The fraction of sp³-hybridized carbons (Fsp3) is 0.176. The molecule has 106 valence electrons. The lowest BCUT2D eigenvalue weighted by Crippen LogP contribution is -2.22. The average Bonchev–Trinajstić information content (AvgIpc) is 2.50. The fourth-order valence-electron chi connectivity index (χ4n) is 2.36. The summed E-state index contributed by atoms with van der Waals surface area (Å²) in [5.74, 6) is 0.00704. The monoisotopic (exact) mass is 279 g/mol. The number of nitrogens with zero attached hydrogens (tertiary/aromatic N) is 2. The molecule has 0 atom stereocenters. The summed E-state index contributed by atoms with van der Waals surface area (Å²) in [7, 11) is 3.66. The van der Waals surface area contributed by atoms with Crippen molar-refractivity contribution in [3.05, 3.63) is 42.5 Å². The number of hydrogen-bond donors (Lipinski definition) is 1. The van der Waals surface area contributed by atoms with Crippen molar-refractivity contribution < 1.29 is 4.79 Å². The van der Waals surface area contributed by atoms with Crippen LogP contribution in [0, 0.1) is 0 Å². The Balaban J connectivity index is 2.19. The van der Waals surface area contributed by atoms with Crippen molar-refractivity contribution in [1.29, 1.82) is 0 Å². The quantitative estimate of drug-likeness (QED) is 0.731. The minimum absolute atomic E-state index is 0.00704. The Morgan fingerprint density at radius 2 is 1.71 bits per heavy atom. The van der Waals surface area contributed by atoms with E-state index in [-0.39, 0.29) is 5.91 Å².